The van der Waals surface area contributed by atoms with E-state index in [4.69, 9.17) is 10.6 Å². The lowest BCUT2D eigenvalue weighted by Gasteiger charge is -2.16. The van der Waals surface area contributed by atoms with Gasteiger partial charge in [0.15, 0.2) is 0 Å². The zero-order chi connectivity index (χ0) is 18.1. The number of hydrogen-bond donors (Lipinski definition) is 5. The van der Waals surface area contributed by atoms with Crippen molar-refractivity contribution < 1.29 is 19.1 Å². The largest absolute Gasteiger partial charge is 0.379 e. The molecule has 9 nitrogen and oxygen atoms in total. The summed E-state index contributed by atoms with van der Waals surface area (Å²) in [5.41, 5.74) is 2.02. The van der Waals surface area contributed by atoms with E-state index in [1.807, 2.05) is 17.2 Å². The average molecular weight is 373 g/mol. The topological polar surface area (TPSA) is 135 Å². The van der Waals surface area contributed by atoms with Crippen molar-refractivity contribution in [2.45, 2.75) is 49.4 Å². The molecule has 25 heavy (non-hydrogen) atoms. The molecule has 2 aliphatic rings. The van der Waals surface area contributed by atoms with E-state index in [1.165, 1.54) is 0 Å². The van der Waals surface area contributed by atoms with Crippen LogP contribution in [0.3, 0.4) is 0 Å². The first kappa shape index (κ1) is 19.8. The van der Waals surface area contributed by atoms with Crippen LogP contribution in [0.15, 0.2) is 0 Å². The Kier molecular flexibility index (Phi) is 8.29. The SMILES string of the molecule is NNC(=O)CCOCCNC(=O)CCCCC1SCC2NC(=O)NC21. The van der Waals surface area contributed by atoms with Crippen LogP contribution in [0.5, 0.6) is 0 Å². The van der Waals surface area contributed by atoms with Crippen molar-refractivity contribution in [1.82, 2.24) is 21.4 Å². The molecule has 6 N–H and O–H groups in total. The predicted octanol–water partition coefficient (Wildman–Crippen LogP) is -0.775. The van der Waals surface area contributed by atoms with Crippen LogP contribution >= 0.6 is 11.8 Å². The molecule has 3 atom stereocenters. The molecule has 0 aromatic heterocycles. The van der Waals surface area contributed by atoms with Gasteiger partial charge in [0.25, 0.3) is 0 Å². The number of amides is 4. The molecule has 2 rings (SSSR count). The lowest BCUT2D eigenvalue weighted by Crippen LogP contribution is -2.36. The Morgan fingerprint density at radius 2 is 2.04 bits per heavy atom. The van der Waals surface area contributed by atoms with E-state index in [0.717, 1.165) is 25.0 Å². The van der Waals surface area contributed by atoms with E-state index in [2.05, 4.69) is 16.0 Å². The lowest BCUT2D eigenvalue weighted by atomic mass is 10.0. The molecule has 3 unspecified atom stereocenters. The Balaban J connectivity index is 1.44. The number of nitrogens with one attached hydrogen (secondary N) is 4. The molecule has 0 aliphatic carbocycles. The molecule has 0 saturated carbocycles. The molecule has 2 fully saturated rings. The van der Waals surface area contributed by atoms with Crippen LogP contribution in [0.25, 0.3) is 0 Å². The first-order valence-electron chi connectivity index (χ1n) is 8.62. The number of carbonyl (C=O) groups is 3. The second-order valence-electron chi connectivity index (χ2n) is 6.15. The first-order chi connectivity index (χ1) is 12.1. The molecule has 0 spiro atoms. The highest BCUT2D eigenvalue weighted by Gasteiger charge is 2.42. The van der Waals surface area contributed by atoms with E-state index < -0.39 is 0 Å². The van der Waals surface area contributed by atoms with E-state index in [-0.39, 0.29) is 43.0 Å². The van der Waals surface area contributed by atoms with Gasteiger partial charge < -0.3 is 20.7 Å². The quantitative estimate of drug-likeness (QED) is 0.106. The van der Waals surface area contributed by atoms with Crippen molar-refractivity contribution in [3.05, 3.63) is 0 Å². The smallest absolute Gasteiger partial charge is 0.315 e. The minimum atomic E-state index is -0.274. The van der Waals surface area contributed by atoms with E-state index in [1.54, 1.807) is 0 Å². The third-order valence-corrected chi connectivity index (χ3v) is 5.79. The number of unbranched alkanes of at least 4 members (excludes halogenated alkanes) is 1. The Bertz CT molecular complexity index is 479. The number of hydrogen-bond acceptors (Lipinski definition) is 6. The van der Waals surface area contributed by atoms with Gasteiger partial charge in [-0.15, -0.1) is 0 Å². The maximum atomic E-state index is 11.7. The van der Waals surface area contributed by atoms with Gasteiger partial charge in [-0.1, -0.05) is 6.42 Å². The van der Waals surface area contributed by atoms with Crippen LogP contribution in [0, 0.1) is 0 Å². The molecule has 10 heteroatoms. The van der Waals surface area contributed by atoms with Crippen molar-refractivity contribution in [2.75, 3.05) is 25.5 Å². The second-order valence-corrected chi connectivity index (χ2v) is 7.42. The lowest BCUT2D eigenvalue weighted by molar-refractivity contribution is -0.123. The zero-order valence-corrected chi connectivity index (χ0v) is 15.0. The highest BCUT2D eigenvalue weighted by atomic mass is 32.2. The summed E-state index contributed by atoms with van der Waals surface area (Å²) in [5, 5.41) is 9.13. The van der Waals surface area contributed by atoms with Gasteiger partial charge in [0, 0.05) is 24.0 Å². The summed E-state index contributed by atoms with van der Waals surface area (Å²) < 4.78 is 5.22. The Morgan fingerprint density at radius 1 is 1.20 bits per heavy atom. The minimum Gasteiger partial charge on any atom is -0.379 e. The summed E-state index contributed by atoms with van der Waals surface area (Å²) >= 11 is 1.89. The number of ether oxygens (including phenoxy) is 1. The molecule has 2 heterocycles. The predicted molar refractivity (Wildman–Crippen MR) is 94.7 cm³/mol. The van der Waals surface area contributed by atoms with Gasteiger partial charge in [-0.25, -0.2) is 10.6 Å². The number of nitrogens with two attached hydrogens (primary N) is 1. The zero-order valence-electron chi connectivity index (χ0n) is 14.2. The molecule has 0 aromatic carbocycles. The molecule has 0 aromatic rings. The van der Waals surface area contributed by atoms with Gasteiger partial charge in [-0.2, -0.15) is 11.8 Å². The van der Waals surface area contributed by atoms with Gasteiger partial charge in [0.1, 0.15) is 0 Å². The highest BCUT2D eigenvalue weighted by Crippen LogP contribution is 2.33. The highest BCUT2D eigenvalue weighted by molar-refractivity contribution is 8.00. The maximum Gasteiger partial charge on any atom is 0.315 e. The third kappa shape index (κ3) is 6.71. The Morgan fingerprint density at radius 3 is 2.84 bits per heavy atom. The summed E-state index contributed by atoms with van der Waals surface area (Å²) in [5.74, 6) is 5.64. The average Bonchev–Trinajstić information content (AvgIpc) is 3.14. The summed E-state index contributed by atoms with van der Waals surface area (Å²) in [6.07, 6.45) is 3.51. The van der Waals surface area contributed by atoms with Crippen LogP contribution in [-0.2, 0) is 14.3 Å². The second kappa shape index (κ2) is 10.5. The molecular formula is C15H27N5O4S. The number of carbonyl (C=O) groups excluding carboxylic acids is 3. The van der Waals surface area contributed by atoms with E-state index in [9.17, 15) is 14.4 Å². The van der Waals surface area contributed by atoms with Gasteiger partial charge in [0.05, 0.1) is 31.7 Å². The first-order valence-corrected chi connectivity index (χ1v) is 9.67. The number of urea groups is 1. The molecular weight excluding hydrogens is 346 g/mol. The fraction of sp³-hybridized carbons (Fsp3) is 0.800. The van der Waals surface area contributed by atoms with Crippen LogP contribution in [-0.4, -0.2) is 60.7 Å². The van der Waals surface area contributed by atoms with Crippen LogP contribution in [0.1, 0.15) is 32.1 Å². The molecule has 0 radical (unpaired) electrons. The van der Waals surface area contributed by atoms with Crippen LogP contribution in [0.2, 0.25) is 0 Å². The monoisotopic (exact) mass is 373 g/mol. The number of rotatable bonds is 11. The van der Waals surface area contributed by atoms with Crippen molar-refractivity contribution in [2.24, 2.45) is 5.84 Å². The van der Waals surface area contributed by atoms with Gasteiger partial charge in [-0.05, 0) is 12.8 Å². The normalized spacial score (nSPS) is 24.4. The number of fused-ring (bicyclic) bond motifs is 1. The molecule has 0 bridgehead atoms. The Hall–Kier alpha value is -1.52. The van der Waals surface area contributed by atoms with Gasteiger partial charge in [-0.3, -0.25) is 15.0 Å². The minimum absolute atomic E-state index is 0.0103. The number of hydrazine groups is 1. The summed E-state index contributed by atoms with van der Waals surface area (Å²) in [6, 6.07) is 0.414. The van der Waals surface area contributed by atoms with Crippen molar-refractivity contribution in [3.8, 4) is 0 Å². The van der Waals surface area contributed by atoms with Crippen molar-refractivity contribution in [1.29, 1.82) is 0 Å². The van der Waals surface area contributed by atoms with Crippen molar-refractivity contribution in [3.63, 3.8) is 0 Å². The van der Waals surface area contributed by atoms with Crippen molar-refractivity contribution >= 4 is 29.6 Å². The van der Waals surface area contributed by atoms with E-state index >= 15 is 0 Å². The van der Waals surface area contributed by atoms with Gasteiger partial charge in [0.2, 0.25) is 11.8 Å². The standard InChI is InChI=1S/C15H27N5O4S/c16-20-13(22)5-7-24-8-6-17-12(21)4-2-1-3-11-14-10(9-25-11)18-15(23)19-14/h10-11,14H,1-9,16H2,(H,17,21)(H,20,22)(H2,18,19,23). The Labute approximate surface area is 151 Å². The number of thioether (sulfide) groups is 1. The van der Waals surface area contributed by atoms with E-state index in [0.29, 0.717) is 24.8 Å². The van der Waals surface area contributed by atoms with Crippen LogP contribution < -0.4 is 27.2 Å². The summed E-state index contributed by atoms with van der Waals surface area (Å²) in [7, 11) is 0. The maximum absolute atomic E-state index is 11.7. The summed E-state index contributed by atoms with van der Waals surface area (Å²) in [4.78, 5) is 33.9. The summed E-state index contributed by atoms with van der Waals surface area (Å²) in [6.45, 7) is 1.09. The molecule has 2 saturated heterocycles. The molecule has 4 amide bonds. The fourth-order valence-corrected chi connectivity index (χ4v) is 4.51. The van der Waals surface area contributed by atoms with Crippen LogP contribution in [0.4, 0.5) is 4.79 Å². The third-order valence-electron chi connectivity index (χ3n) is 4.28. The van der Waals surface area contributed by atoms with Gasteiger partial charge >= 0.3 is 6.03 Å². The molecule has 2 aliphatic heterocycles. The molecule has 142 valence electrons. The fourth-order valence-electron chi connectivity index (χ4n) is 2.96.